The van der Waals surface area contributed by atoms with E-state index in [9.17, 15) is 4.79 Å². The molecule has 4 heteroatoms. The Morgan fingerprint density at radius 1 is 1.00 bits per heavy atom. The molecular weight excluding hydrogens is 238 g/mol. The van der Waals surface area contributed by atoms with Crippen molar-refractivity contribution in [3.63, 3.8) is 0 Å². The zero-order valence-electron chi connectivity index (χ0n) is 10.7. The summed E-state index contributed by atoms with van der Waals surface area (Å²) in [7, 11) is 2.02. The van der Waals surface area contributed by atoms with Crippen molar-refractivity contribution in [2.45, 2.75) is 6.54 Å². The molecule has 1 aromatic heterocycles. The number of hydrogen-bond acceptors (Lipinski definition) is 2. The number of anilines is 1. The zero-order chi connectivity index (χ0) is 13.2. The van der Waals surface area contributed by atoms with Crippen molar-refractivity contribution in [1.82, 2.24) is 9.97 Å². The van der Waals surface area contributed by atoms with Crippen molar-refractivity contribution in [3.8, 4) is 0 Å². The third-order valence-electron chi connectivity index (χ3n) is 3.20. The SMILES string of the molecule is CN(Cc1ccccc1)c1cccc2[nH]c(=O)[nH]c12. The third kappa shape index (κ3) is 2.25. The fourth-order valence-corrected chi connectivity index (χ4v) is 2.30. The molecular formula is C15H15N3O. The quantitative estimate of drug-likeness (QED) is 0.753. The van der Waals surface area contributed by atoms with Crippen LogP contribution in [0.15, 0.2) is 53.3 Å². The van der Waals surface area contributed by atoms with E-state index in [0.29, 0.717) is 0 Å². The van der Waals surface area contributed by atoms with Gasteiger partial charge in [-0.15, -0.1) is 0 Å². The highest BCUT2D eigenvalue weighted by Crippen LogP contribution is 2.23. The lowest BCUT2D eigenvalue weighted by Gasteiger charge is -2.20. The fraction of sp³-hybridized carbons (Fsp3) is 0.133. The number of para-hydroxylation sites is 1. The van der Waals surface area contributed by atoms with Crippen molar-refractivity contribution in [2.75, 3.05) is 11.9 Å². The van der Waals surface area contributed by atoms with Gasteiger partial charge in [0.15, 0.2) is 0 Å². The van der Waals surface area contributed by atoms with Crippen LogP contribution >= 0.6 is 0 Å². The first-order chi connectivity index (χ1) is 9.24. The molecule has 0 saturated carbocycles. The highest BCUT2D eigenvalue weighted by molar-refractivity contribution is 5.88. The summed E-state index contributed by atoms with van der Waals surface area (Å²) in [4.78, 5) is 19.1. The molecule has 19 heavy (non-hydrogen) atoms. The van der Waals surface area contributed by atoms with Crippen LogP contribution in [0.2, 0.25) is 0 Å². The van der Waals surface area contributed by atoms with E-state index < -0.39 is 0 Å². The topological polar surface area (TPSA) is 51.9 Å². The number of imidazole rings is 1. The molecule has 0 saturated heterocycles. The maximum atomic E-state index is 11.4. The molecule has 0 aliphatic heterocycles. The smallest absolute Gasteiger partial charge is 0.323 e. The first-order valence-corrected chi connectivity index (χ1v) is 6.20. The Morgan fingerprint density at radius 2 is 1.79 bits per heavy atom. The average Bonchev–Trinajstić information content (AvgIpc) is 2.79. The molecule has 0 fully saturated rings. The average molecular weight is 253 g/mol. The van der Waals surface area contributed by atoms with Gasteiger partial charge in [-0.1, -0.05) is 36.4 Å². The highest BCUT2D eigenvalue weighted by atomic mass is 16.1. The van der Waals surface area contributed by atoms with Crippen molar-refractivity contribution in [3.05, 3.63) is 64.6 Å². The number of fused-ring (bicyclic) bond motifs is 1. The summed E-state index contributed by atoms with van der Waals surface area (Å²) in [5.41, 5.74) is 3.77. The minimum absolute atomic E-state index is 0.171. The number of aromatic nitrogens is 2. The maximum absolute atomic E-state index is 11.4. The molecule has 4 nitrogen and oxygen atoms in total. The molecule has 0 unspecified atom stereocenters. The van der Waals surface area contributed by atoms with Gasteiger partial charge in [0, 0.05) is 13.6 Å². The van der Waals surface area contributed by atoms with E-state index in [-0.39, 0.29) is 5.69 Å². The van der Waals surface area contributed by atoms with Crippen LogP contribution in [0.25, 0.3) is 11.0 Å². The number of nitrogens with one attached hydrogen (secondary N) is 2. The number of H-pyrrole nitrogens is 2. The van der Waals surface area contributed by atoms with Crippen molar-refractivity contribution >= 4 is 16.7 Å². The Hall–Kier alpha value is -2.49. The second kappa shape index (κ2) is 4.65. The minimum Gasteiger partial charge on any atom is -0.369 e. The van der Waals surface area contributed by atoms with Gasteiger partial charge in [0.2, 0.25) is 0 Å². The van der Waals surface area contributed by atoms with E-state index in [0.717, 1.165) is 23.3 Å². The van der Waals surface area contributed by atoms with Gasteiger partial charge >= 0.3 is 5.69 Å². The van der Waals surface area contributed by atoms with Crippen LogP contribution in [0, 0.1) is 0 Å². The third-order valence-corrected chi connectivity index (χ3v) is 3.20. The number of rotatable bonds is 3. The van der Waals surface area contributed by atoms with E-state index in [1.165, 1.54) is 5.56 Å². The van der Waals surface area contributed by atoms with Crippen LogP contribution in [-0.2, 0) is 6.54 Å². The summed E-state index contributed by atoms with van der Waals surface area (Å²) in [5.74, 6) is 0. The molecule has 0 bridgehead atoms. The van der Waals surface area contributed by atoms with Crippen LogP contribution in [0.1, 0.15) is 5.56 Å². The molecule has 2 aromatic carbocycles. The van der Waals surface area contributed by atoms with Crippen LogP contribution in [0.4, 0.5) is 5.69 Å². The normalized spacial score (nSPS) is 10.8. The lowest BCUT2D eigenvalue weighted by atomic mass is 10.2. The van der Waals surface area contributed by atoms with Crippen molar-refractivity contribution in [2.24, 2.45) is 0 Å². The number of aromatic amines is 2. The molecule has 0 spiro atoms. The maximum Gasteiger partial charge on any atom is 0.323 e. The van der Waals surface area contributed by atoms with Crippen LogP contribution in [-0.4, -0.2) is 17.0 Å². The second-order valence-corrected chi connectivity index (χ2v) is 4.62. The van der Waals surface area contributed by atoms with Gasteiger partial charge in [0.25, 0.3) is 0 Å². The summed E-state index contributed by atoms with van der Waals surface area (Å²) < 4.78 is 0. The lowest BCUT2D eigenvalue weighted by Crippen LogP contribution is -2.16. The van der Waals surface area contributed by atoms with E-state index in [1.807, 2.05) is 43.4 Å². The standard InChI is InChI=1S/C15H15N3O/c1-18(10-11-6-3-2-4-7-11)13-9-5-8-12-14(13)17-15(19)16-12/h2-9H,10H2,1H3,(H2,16,17,19). The highest BCUT2D eigenvalue weighted by Gasteiger charge is 2.08. The number of hydrogen-bond donors (Lipinski definition) is 2. The van der Waals surface area contributed by atoms with Gasteiger partial charge in [-0.25, -0.2) is 4.79 Å². The molecule has 3 rings (SSSR count). The van der Waals surface area contributed by atoms with Gasteiger partial charge in [0.05, 0.1) is 16.7 Å². The Balaban J connectivity index is 1.97. The van der Waals surface area contributed by atoms with Gasteiger partial charge < -0.3 is 14.9 Å². The molecule has 0 radical (unpaired) electrons. The first kappa shape index (κ1) is 11.6. The Morgan fingerprint density at radius 3 is 2.58 bits per heavy atom. The Kier molecular flexibility index (Phi) is 2.83. The van der Waals surface area contributed by atoms with Crippen molar-refractivity contribution in [1.29, 1.82) is 0 Å². The summed E-state index contributed by atoms with van der Waals surface area (Å²) in [6.07, 6.45) is 0. The Labute approximate surface area is 110 Å². The van der Waals surface area contributed by atoms with Gasteiger partial charge in [-0.3, -0.25) is 0 Å². The summed E-state index contributed by atoms with van der Waals surface area (Å²) >= 11 is 0. The van der Waals surface area contributed by atoms with E-state index in [4.69, 9.17) is 0 Å². The molecule has 1 heterocycles. The number of benzene rings is 2. The monoisotopic (exact) mass is 253 g/mol. The molecule has 2 N–H and O–H groups in total. The largest absolute Gasteiger partial charge is 0.369 e. The fourth-order valence-electron chi connectivity index (χ4n) is 2.30. The van der Waals surface area contributed by atoms with Crippen LogP contribution in [0.3, 0.4) is 0 Å². The molecule has 96 valence electrons. The molecule has 3 aromatic rings. The van der Waals surface area contributed by atoms with E-state index in [1.54, 1.807) is 0 Å². The molecule has 0 amide bonds. The summed E-state index contributed by atoms with van der Waals surface area (Å²) in [6.45, 7) is 0.799. The lowest BCUT2D eigenvalue weighted by molar-refractivity contribution is 0.926. The molecule has 0 aliphatic rings. The summed E-state index contributed by atoms with van der Waals surface area (Å²) in [5, 5.41) is 0. The van der Waals surface area contributed by atoms with Crippen LogP contribution in [0.5, 0.6) is 0 Å². The van der Waals surface area contributed by atoms with Crippen molar-refractivity contribution < 1.29 is 0 Å². The van der Waals surface area contributed by atoms with Gasteiger partial charge in [-0.05, 0) is 17.7 Å². The minimum atomic E-state index is -0.171. The summed E-state index contributed by atoms with van der Waals surface area (Å²) in [6, 6.07) is 16.1. The molecule has 0 aliphatic carbocycles. The van der Waals surface area contributed by atoms with Crippen LogP contribution < -0.4 is 10.6 Å². The predicted molar refractivity (Wildman–Crippen MR) is 77.5 cm³/mol. The Bertz CT molecular complexity index is 743. The zero-order valence-corrected chi connectivity index (χ0v) is 10.7. The van der Waals surface area contributed by atoms with E-state index in [2.05, 4.69) is 27.0 Å². The molecule has 0 atom stereocenters. The predicted octanol–water partition coefficient (Wildman–Crippen LogP) is 2.49. The second-order valence-electron chi connectivity index (χ2n) is 4.62. The van der Waals surface area contributed by atoms with Gasteiger partial charge in [0.1, 0.15) is 0 Å². The first-order valence-electron chi connectivity index (χ1n) is 6.20. The van der Waals surface area contributed by atoms with E-state index >= 15 is 0 Å². The number of nitrogens with zero attached hydrogens (tertiary/aromatic N) is 1. The van der Waals surface area contributed by atoms with Gasteiger partial charge in [-0.2, -0.15) is 0 Å².